The number of rotatable bonds is 4. The molecule has 0 aliphatic carbocycles. The van der Waals surface area contributed by atoms with Gasteiger partial charge in [-0.15, -0.1) is 0 Å². The molecular formula is C18H19N5O. The molecule has 1 aromatic carbocycles. The van der Waals surface area contributed by atoms with Gasteiger partial charge in [-0.25, -0.2) is 4.98 Å². The Bertz CT molecular complexity index is 986. The highest BCUT2D eigenvalue weighted by Gasteiger charge is 2.14. The summed E-state index contributed by atoms with van der Waals surface area (Å²) in [6.07, 6.45) is 6.50. The molecule has 3 aromatic rings. The van der Waals surface area contributed by atoms with Crippen molar-refractivity contribution in [3.05, 3.63) is 36.0 Å². The van der Waals surface area contributed by atoms with Crippen molar-refractivity contribution in [2.24, 2.45) is 4.99 Å². The monoisotopic (exact) mass is 321 g/mol. The number of benzene rings is 1. The van der Waals surface area contributed by atoms with Crippen molar-refractivity contribution in [3.8, 4) is 0 Å². The Morgan fingerprint density at radius 2 is 2.21 bits per heavy atom. The Labute approximate surface area is 139 Å². The largest absolute Gasteiger partial charge is 0.396 e. The van der Waals surface area contributed by atoms with Gasteiger partial charge in [-0.3, -0.25) is 9.67 Å². The number of aliphatic hydroxyl groups excluding tert-OH is 1. The molecule has 1 unspecified atom stereocenters. The molecule has 6 nitrogen and oxygen atoms in total. The molecule has 6 heteroatoms. The molecule has 1 aliphatic heterocycles. The summed E-state index contributed by atoms with van der Waals surface area (Å²) in [5, 5.41) is 15.7. The highest BCUT2D eigenvalue weighted by molar-refractivity contribution is 6.08. The van der Waals surface area contributed by atoms with Gasteiger partial charge in [-0.05, 0) is 36.6 Å². The number of nitrogens with two attached hydrogens (primary N) is 1. The van der Waals surface area contributed by atoms with E-state index in [1.165, 1.54) is 5.57 Å². The second-order valence-electron chi connectivity index (χ2n) is 6.14. The summed E-state index contributed by atoms with van der Waals surface area (Å²) in [6, 6.07) is 6.33. The number of aromatic nitrogens is 3. The third-order valence-corrected chi connectivity index (χ3v) is 4.52. The molecule has 3 heterocycles. The number of aliphatic imine (C=N–C) groups is 1. The predicted octanol–water partition coefficient (Wildman–Crippen LogP) is 2.58. The quantitative estimate of drug-likeness (QED) is 0.773. The molecule has 0 radical (unpaired) electrons. The van der Waals surface area contributed by atoms with Crippen LogP contribution in [0, 0.1) is 0 Å². The maximum atomic E-state index is 9.14. The first-order chi connectivity index (χ1) is 11.7. The normalized spacial score (nSPS) is 15.3. The SMILES string of the molecule is CC(CCO)n1cc2c(n1)c(N)nc1cc(C3=CC=NC3)ccc12. The molecule has 24 heavy (non-hydrogen) atoms. The third kappa shape index (κ3) is 2.35. The van der Waals surface area contributed by atoms with Crippen LogP contribution in [-0.2, 0) is 0 Å². The molecule has 0 spiro atoms. The average molecular weight is 321 g/mol. The molecule has 122 valence electrons. The molecule has 4 rings (SSSR count). The maximum absolute atomic E-state index is 9.14. The highest BCUT2D eigenvalue weighted by atomic mass is 16.3. The Hall–Kier alpha value is -2.73. The van der Waals surface area contributed by atoms with E-state index in [4.69, 9.17) is 10.8 Å². The fourth-order valence-electron chi connectivity index (χ4n) is 3.09. The standard InChI is InChI=1S/C18H19N5O/c1-11(5-7-24)23-10-15-14-3-2-12(13-4-6-20-9-13)8-16(14)21-18(19)17(15)22-23/h2-4,6,8,10-11,24H,5,7,9H2,1H3,(H2,19,21). The molecular weight excluding hydrogens is 302 g/mol. The van der Waals surface area contributed by atoms with E-state index in [0.29, 0.717) is 24.3 Å². The molecule has 0 saturated carbocycles. The lowest BCUT2D eigenvalue weighted by atomic mass is 10.0. The predicted molar refractivity (Wildman–Crippen MR) is 97.2 cm³/mol. The Kier molecular flexibility index (Phi) is 3.54. The summed E-state index contributed by atoms with van der Waals surface area (Å²) >= 11 is 0. The van der Waals surface area contributed by atoms with Gasteiger partial charge in [0.25, 0.3) is 0 Å². The molecule has 0 amide bonds. The van der Waals surface area contributed by atoms with Crippen LogP contribution in [0.3, 0.4) is 0 Å². The van der Waals surface area contributed by atoms with E-state index in [0.717, 1.165) is 21.9 Å². The maximum Gasteiger partial charge on any atom is 0.152 e. The van der Waals surface area contributed by atoms with Crippen LogP contribution in [0.15, 0.2) is 35.5 Å². The lowest BCUT2D eigenvalue weighted by Crippen LogP contribution is -2.07. The van der Waals surface area contributed by atoms with Gasteiger partial charge in [0.2, 0.25) is 0 Å². The fourth-order valence-corrected chi connectivity index (χ4v) is 3.09. The number of aliphatic hydroxyl groups is 1. The summed E-state index contributed by atoms with van der Waals surface area (Å²) in [7, 11) is 0. The van der Waals surface area contributed by atoms with Crippen molar-refractivity contribution >= 4 is 39.4 Å². The number of anilines is 1. The number of nitrogens with zero attached hydrogens (tertiary/aromatic N) is 4. The Morgan fingerprint density at radius 3 is 2.96 bits per heavy atom. The van der Waals surface area contributed by atoms with Gasteiger partial charge in [-0.2, -0.15) is 5.10 Å². The van der Waals surface area contributed by atoms with Crippen LogP contribution in [0.2, 0.25) is 0 Å². The van der Waals surface area contributed by atoms with Crippen molar-refractivity contribution in [3.63, 3.8) is 0 Å². The second-order valence-corrected chi connectivity index (χ2v) is 6.14. The number of hydrogen-bond donors (Lipinski definition) is 2. The Balaban J connectivity index is 1.87. The van der Waals surface area contributed by atoms with E-state index in [9.17, 15) is 0 Å². The summed E-state index contributed by atoms with van der Waals surface area (Å²) < 4.78 is 1.86. The van der Waals surface area contributed by atoms with Gasteiger partial charge in [0.15, 0.2) is 5.82 Å². The first kappa shape index (κ1) is 14.8. The zero-order chi connectivity index (χ0) is 16.7. The highest BCUT2D eigenvalue weighted by Crippen LogP contribution is 2.30. The lowest BCUT2D eigenvalue weighted by Gasteiger charge is -2.09. The summed E-state index contributed by atoms with van der Waals surface area (Å²) in [5.74, 6) is 0.432. The minimum absolute atomic E-state index is 0.108. The van der Waals surface area contributed by atoms with E-state index in [-0.39, 0.29) is 12.6 Å². The summed E-state index contributed by atoms with van der Waals surface area (Å²) in [5.41, 5.74) is 10.0. The van der Waals surface area contributed by atoms with Crippen LogP contribution in [0.1, 0.15) is 24.9 Å². The molecule has 0 bridgehead atoms. The Morgan fingerprint density at radius 1 is 1.33 bits per heavy atom. The minimum Gasteiger partial charge on any atom is -0.396 e. The van der Waals surface area contributed by atoms with Crippen molar-refractivity contribution in [1.82, 2.24) is 14.8 Å². The number of nitrogen functional groups attached to an aromatic ring is 1. The average Bonchev–Trinajstić information content (AvgIpc) is 3.25. The molecule has 0 fully saturated rings. The van der Waals surface area contributed by atoms with Crippen LogP contribution in [-0.4, -0.2) is 39.2 Å². The minimum atomic E-state index is 0.108. The first-order valence-corrected chi connectivity index (χ1v) is 8.05. The van der Waals surface area contributed by atoms with Crippen LogP contribution >= 0.6 is 0 Å². The van der Waals surface area contributed by atoms with E-state index >= 15 is 0 Å². The number of hydrogen-bond acceptors (Lipinski definition) is 5. The summed E-state index contributed by atoms with van der Waals surface area (Å²) in [4.78, 5) is 8.77. The number of fused-ring (bicyclic) bond motifs is 3. The van der Waals surface area contributed by atoms with E-state index in [1.54, 1.807) is 0 Å². The molecule has 3 N–H and O–H groups in total. The van der Waals surface area contributed by atoms with Crippen LogP contribution in [0.4, 0.5) is 5.82 Å². The van der Waals surface area contributed by atoms with Gasteiger partial charge >= 0.3 is 0 Å². The smallest absolute Gasteiger partial charge is 0.152 e. The topological polar surface area (TPSA) is 89.3 Å². The van der Waals surface area contributed by atoms with Crippen molar-refractivity contribution in [1.29, 1.82) is 0 Å². The van der Waals surface area contributed by atoms with Crippen LogP contribution < -0.4 is 5.73 Å². The van der Waals surface area contributed by atoms with Crippen LogP contribution in [0.5, 0.6) is 0 Å². The second kappa shape index (κ2) is 5.72. The van der Waals surface area contributed by atoms with Gasteiger partial charge in [-0.1, -0.05) is 12.1 Å². The van der Waals surface area contributed by atoms with Crippen molar-refractivity contribution in [2.45, 2.75) is 19.4 Å². The number of pyridine rings is 1. The molecule has 1 atom stereocenters. The van der Waals surface area contributed by atoms with Gasteiger partial charge in [0.1, 0.15) is 5.52 Å². The van der Waals surface area contributed by atoms with Crippen molar-refractivity contribution in [2.75, 3.05) is 18.9 Å². The van der Waals surface area contributed by atoms with Crippen LogP contribution in [0.25, 0.3) is 27.4 Å². The zero-order valence-electron chi connectivity index (χ0n) is 13.5. The van der Waals surface area contributed by atoms with E-state index < -0.39 is 0 Å². The molecule has 1 aliphatic rings. The zero-order valence-corrected chi connectivity index (χ0v) is 13.5. The van der Waals surface area contributed by atoms with E-state index in [1.807, 2.05) is 30.1 Å². The van der Waals surface area contributed by atoms with Gasteiger partial charge < -0.3 is 10.8 Å². The third-order valence-electron chi connectivity index (χ3n) is 4.52. The fraction of sp³-hybridized carbons (Fsp3) is 0.278. The lowest BCUT2D eigenvalue weighted by molar-refractivity contribution is 0.258. The van der Waals surface area contributed by atoms with Gasteiger partial charge in [0.05, 0.1) is 18.1 Å². The molecule has 0 saturated heterocycles. The van der Waals surface area contributed by atoms with Gasteiger partial charge in [0, 0.05) is 29.8 Å². The number of allylic oxidation sites excluding steroid dienone is 1. The van der Waals surface area contributed by atoms with Crippen molar-refractivity contribution < 1.29 is 5.11 Å². The molecule has 2 aromatic heterocycles. The first-order valence-electron chi connectivity index (χ1n) is 8.05. The summed E-state index contributed by atoms with van der Waals surface area (Å²) in [6.45, 7) is 2.87. The van der Waals surface area contributed by atoms with E-state index in [2.05, 4.69) is 33.3 Å².